The van der Waals surface area contributed by atoms with Crippen LogP contribution in [-0.2, 0) is 16.1 Å². The molecule has 0 bridgehead atoms. The highest BCUT2D eigenvalue weighted by molar-refractivity contribution is 5.78. The topological polar surface area (TPSA) is 61.8 Å². The fourth-order valence-electron chi connectivity index (χ4n) is 3.91. The molecule has 1 saturated carbocycles. The van der Waals surface area contributed by atoms with Crippen LogP contribution in [0.25, 0.3) is 0 Å². The van der Waals surface area contributed by atoms with E-state index in [1.807, 2.05) is 18.2 Å². The molecule has 0 spiro atoms. The summed E-state index contributed by atoms with van der Waals surface area (Å²) in [4.78, 5) is 14.6. The van der Waals surface area contributed by atoms with Crippen molar-refractivity contribution in [3.8, 4) is 0 Å². The Morgan fingerprint density at radius 3 is 2.96 bits per heavy atom. The molecule has 5 heteroatoms. The molecule has 132 valence electrons. The number of rotatable bonds is 5. The fourth-order valence-corrected chi connectivity index (χ4v) is 3.91. The first-order valence-electron chi connectivity index (χ1n) is 8.96. The average Bonchev–Trinajstić information content (AvgIpc) is 3.00. The quantitative estimate of drug-likeness (QED) is 0.857. The molecule has 3 atom stereocenters. The molecule has 1 amide bonds. The van der Waals surface area contributed by atoms with Crippen LogP contribution in [0.4, 0.5) is 0 Å². The van der Waals surface area contributed by atoms with Gasteiger partial charge in [0.25, 0.3) is 0 Å². The highest BCUT2D eigenvalue weighted by Crippen LogP contribution is 2.32. The molecule has 1 saturated heterocycles. The van der Waals surface area contributed by atoms with Crippen LogP contribution < -0.4 is 5.32 Å². The fraction of sp³-hybridized carbons (Fsp3) is 0.632. The van der Waals surface area contributed by atoms with E-state index in [9.17, 15) is 9.90 Å². The number of aliphatic hydroxyl groups excluding tert-OH is 1. The molecule has 2 N–H and O–H groups in total. The zero-order valence-corrected chi connectivity index (χ0v) is 14.4. The number of carbonyl (C=O) groups excluding carboxylic acids is 1. The van der Waals surface area contributed by atoms with E-state index in [0.29, 0.717) is 26.3 Å². The van der Waals surface area contributed by atoms with Crippen molar-refractivity contribution in [2.45, 2.75) is 44.9 Å². The summed E-state index contributed by atoms with van der Waals surface area (Å²) in [5.41, 5.74) is 2.34. The summed E-state index contributed by atoms with van der Waals surface area (Å²) in [6.45, 7) is 5.03. The van der Waals surface area contributed by atoms with E-state index < -0.39 is 0 Å². The van der Waals surface area contributed by atoms with Crippen molar-refractivity contribution in [2.75, 3.05) is 26.3 Å². The van der Waals surface area contributed by atoms with Gasteiger partial charge in [-0.2, -0.15) is 0 Å². The first kappa shape index (κ1) is 17.4. The average molecular weight is 332 g/mol. The molecule has 1 aliphatic carbocycles. The lowest BCUT2D eigenvalue weighted by molar-refractivity contribution is -0.126. The van der Waals surface area contributed by atoms with Crippen LogP contribution >= 0.6 is 0 Å². The van der Waals surface area contributed by atoms with Gasteiger partial charge >= 0.3 is 0 Å². The maximum Gasteiger partial charge on any atom is 0.234 e. The van der Waals surface area contributed by atoms with Crippen LogP contribution in [0.2, 0.25) is 0 Å². The molecule has 0 aromatic heterocycles. The van der Waals surface area contributed by atoms with Crippen molar-refractivity contribution in [1.82, 2.24) is 10.2 Å². The van der Waals surface area contributed by atoms with Crippen molar-refractivity contribution >= 4 is 5.91 Å². The first-order valence-corrected chi connectivity index (χ1v) is 8.96. The Kier molecular flexibility index (Phi) is 5.87. The second kappa shape index (κ2) is 8.10. The summed E-state index contributed by atoms with van der Waals surface area (Å²) in [5, 5.41) is 13.2. The van der Waals surface area contributed by atoms with Gasteiger partial charge in [-0.25, -0.2) is 0 Å². The summed E-state index contributed by atoms with van der Waals surface area (Å²) in [5.74, 6) is 0.270. The van der Waals surface area contributed by atoms with E-state index in [1.54, 1.807) is 0 Å². The minimum Gasteiger partial charge on any atom is -0.393 e. The molecule has 2 fully saturated rings. The zero-order chi connectivity index (χ0) is 16.9. The highest BCUT2D eigenvalue weighted by atomic mass is 16.5. The summed E-state index contributed by atoms with van der Waals surface area (Å²) in [7, 11) is 0. The predicted molar refractivity (Wildman–Crippen MR) is 92.6 cm³/mol. The van der Waals surface area contributed by atoms with Gasteiger partial charge < -0.3 is 15.2 Å². The monoisotopic (exact) mass is 332 g/mol. The van der Waals surface area contributed by atoms with Gasteiger partial charge in [0.1, 0.15) is 0 Å². The van der Waals surface area contributed by atoms with Crippen molar-refractivity contribution < 1.29 is 14.6 Å². The van der Waals surface area contributed by atoms with Crippen LogP contribution in [0.1, 0.15) is 30.4 Å². The van der Waals surface area contributed by atoms with Gasteiger partial charge in [-0.15, -0.1) is 0 Å². The molecule has 1 heterocycles. The van der Waals surface area contributed by atoms with Crippen LogP contribution in [0, 0.1) is 12.8 Å². The van der Waals surface area contributed by atoms with Gasteiger partial charge in [0.15, 0.2) is 0 Å². The van der Waals surface area contributed by atoms with Gasteiger partial charge in [-0.05, 0) is 30.9 Å². The van der Waals surface area contributed by atoms with Gasteiger partial charge in [-0.3, -0.25) is 9.69 Å². The van der Waals surface area contributed by atoms with Crippen LogP contribution in [-0.4, -0.2) is 54.4 Å². The Morgan fingerprint density at radius 2 is 2.21 bits per heavy atom. The predicted octanol–water partition coefficient (Wildman–Crippen LogP) is 1.47. The van der Waals surface area contributed by atoms with Crippen molar-refractivity contribution in [1.29, 1.82) is 0 Å². The number of carbonyl (C=O) groups is 1. The molecule has 1 aromatic rings. The SMILES string of the molecule is Cc1ccccc1CNC(=O)CN1CCOCC1C1CCCC1O. The summed E-state index contributed by atoms with van der Waals surface area (Å²) >= 11 is 0. The largest absolute Gasteiger partial charge is 0.393 e. The molecule has 24 heavy (non-hydrogen) atoms. The maximum absolute atomic E-state index is 12.4. The normalized spacial score (nSPS) is 28.0. The van der Waals surface area contributed by atoms with Crippen LogP contribution in [0.15, 0.2) is 24.3 Å². The van der Waals surface area contributed by atoms with E-state index in [4.69, 9.17) is 4.74 Å². The van der Waals surface area contributed by atoms with E-state index in [0.717, 1.165) is 31.4 Å². The maximum atomic E-state index is 12.4. The smallest absolute Gasteiger partial charge is 0.234 e. The summed E-state index contributed by atoms with van der Waals surface area (Å²) < 4.78 is 5.62. The number of ether oxygens (including phenoxy) is 1. The second-order valence-corrected chi connectivity index (χ2v) is 6.98. The number of nitrogens with zero attached hydrogens (tertiary/aromatic N) is 1. The van der Waals surface area contributed by atoms with E-state index in [2.05, 4.69) is 23.2 Å². The Balaban J connectivity index is 1.54. The molecule has 3 unspecified atom stereocenters. The standard InChI is InChI=1S/C19H28N2O3/c1-14-5-2-3-6-15(14)11-20-19(23)12-21-9-10-24-13-17(21)16-7-4-8-18(16)22/h2-3,5-6,16-18,22H,4,7-13H2,1H3,(H,20,23). The minimum absolute atomic E-state index is 0.0395. The summed E-state index contributed by atoms with van der Waals surface area (Å²) in [6, 6.07) is 8.25. The van der Waals surface area contributed by atoms with Gasteiger partial charge in [0, 0.05) is 25.0 Å². The first-order chi connectivity index (χ1) is 11.6. The van der Waals surface area contributed by atoms with Gasteiger partial charge in [0.05, 0.1) is 25.9 Å². The Hall–Kier alpha value is -1.43. The number of benzene rings is 1. The van der Waals surface area contributed by atoms with Gasteiger partial charge in [-0.1, -0.05) is 30.7 Å². The van der Waals surface area contributed by atoms with E-state index >= 15 is 0 Å². The number of aryl methyl sites for hydroxylation is 1. The van der Waals surface area contributed by atoms with Crippen LogP contribution in [0.5, 0.6) is 0 Å². The second-order valence-electron chi connectivity index (χ2n) is 6.98. The van der Waals surface area contributed by atoms with Crippen molar-refractivity contribution in [2.24, 2.45) is 5.92 Å². The van der Waals surface area contributed by atoms with Gasteiger partial charge in [0.2, 0.25) is 5.91 Å². The molecular weight excluding hydrogens is 304 g/mol. The Labute approximate surface area is 144 Å². The van der Waals surface area contributed by atoms with Crippen molar-refractivity contribution in [3.63, 3.8) is 0 Å². The number of morpholine rings is 1. The molecule has 1 aliphatic heterocycles. The molecule has 3 rings (SSSR count). The summed E-state index contributed by atoms with van der Waals surface area (Å²) in [6.07, 6.45) is 2.70. The lowest BCUT2D eigenvalue weighted by atomic mass is 9.94. The minimum atomic E-state index is -0.255. The molecule has 0 radical (unpaired) electrons. The molecular formula is C19H28N2O3. The Morgan fingerprint density at radius 1 is 1.38 bits per heavy atom. The number of amides is 1. The third kappa shape index (κ3) is 4.15. The lowest BCUT2D eigenvalue weighted by Gasteiger charge is -2.39. The zero-order valence-electron chi connectivity index (χ0n) is 14.4. The molecule has 2 aliphatic rings. The van der Waals surface area contributed by atoms with Crippen LogP contribution in [0.3, 0.4) is 0 Å². The number of aliphatic hydroxyl groups is 1. The number of hydrogen-bond acceptors (Lipinski definition) is 4. The lowest BCUT2D eigenvalue weighted by Crippen LogP contribution is -2.53. The third-order valence-corrected chi connectivity index (χ3v) is 5.39. The number of hydrogen-bond donors (Lipinski definition) is 2. The van der Waals surface area contributed by atoms with E-state index in [1.165, 1.54) is 5.56 Å². The van der Waals surface area contributed by atoms with Crippen molar-refractivity contribution in [3.05, 3.63) is 35.4 Å². The molecule has 1 aromatic carbocycles. The third-order valence-electron chi connectivity index (χ3n) is 5.39. The number of nitrogens with one attached hydrogen (secondary N) is 1. The molecule has 5 nitrogen and oxygen atoms in total. The van der Waals surface area contributed by atoms with E-state index in [-0.39, 0.29) is 24.0 Å². The highest BCUT2D eigenvalue weighted by Gasteiger charge is 2.38. The Bertz CT molecular complexity index is 563.